The number of anilines is 2. The van der Waals surface area contributed by atoms with Crippen molar-refractivity contribution in [2.45, 2.75) is 25.9 Å². The summed E-state index contributed by atoms with van der Waals surface area (Å²) in [6, 6.07) is 7.28. The molecule has 32 heavy (non-hydrogen) atoms. The Balaban J connectivity index is 0.000000837. The van der Waals surface area contributed by atoms with E-state index in [1.165, 1.54) is 0 Å². The Morgan fingerprint density at radius 1 is 0.969 bits per heavy atom. The largest absolute Gasteiger partial charge is 0.481 e. The third kappa shape index (κ3) is 7.70. The number of carboxylic acid groups (broad SMARTS) is 1. The molecule has 2 aliphatic heterocycles. The van der Waals surface area contributed by atoms with E-state index in [-0.39, 0.29) is 24.9 Å². The third-order valence-corrected chi connectivity index (χ3v) is 5.40. The zero-order valence-electron chi connectivity index (χ0n) is 18.2. The van der Waals surface area contributed by atoms with Crippen LogP contribution in [0.3, 0.4) is 0 Å². The van der Waals surface area contributed by atoms with Crippen LogP contribution in [-0.2, 0) is 14.4 Å². The van der Waals surface area contributed by atoms with Crippen LogP contribution in [0.25, 0.3) is 0 Å². The van der Waals surface area contributed by atoms with Crippen LogP contribution in [0.5, 0.6) is 0 Å². The zero-order valence-corrected chi connectivity index (χ0v) is 18.2. The van der Waals surface area contributed by atoms with Crippen molar-refractivity contribution in [3.8, 4) is 0 Å². The van der Waals surface area contributed by atoms with E-state index >= 15 is 0 Å². The van der Waals surface area contributed by atoms with Crippen LogP contribution < -0.4 is 10.2 Å². The van der Waals surface area contributed by atoms with E-state index < -0.39 is 18.1 Å². The lowest BCUT2D eigenvalue weighted by Gasteiger charge is -2.36. The Hall–Kier alpha value is -2.82. The molecule has 178 valence electrons. The molecule has 0 saturated carbocycles. The van der Waals surface area contributed by atoms with Crippen LogP contribution in [0.2, 0.25) is 0 Å². The number of carboxylic acids is 1. The summed E-state index contributed by atoms with van der Waals surface area (Å²) in [5.74, 6) is -2.56. The van der Waals surface area contributed by atoms with Crippen molar-refractivity contribution < 1.29 is 32.7 Å². The van der Waals surface area contributed by atoms with Gasteiger partial charge >= 0.3 is 12.1 Å². The number of halogens is 3. The molecule has 0 radical (unpaired) electrons. The molecule has 2 N–H and O–H groups in total. The summed E-state index contributed by atoms with van der Waals surface area (Å²) in [6.07, 6.45) is -3.13. The fourth-order valence-corrected chi connectivity index (χ4v) is 3.62. The van der Waals surface area contributed by atoms with Gasteiger partial charge in [0.2, 0.25) is 5.91 Å². The van der Waals surface area contributed by atoms with Crippen molar-refractivity contribution >= 4 is 29.2 Å². The number of amides is 2. The van der Waals surface area contributed by atoms with Crippen LogP contribution in [0.15, 0.2) is 24.3 Å². The van der Waals surface area contributed by atoms with Crippen molar-refractivity contribution in [3.63, 3.8) is 0 Å². The van der Waals surface area contributed by atoms with Gasteiger partial charge in [-0.15, -0.1) is 0 Å². The summed E-state index contributed by atoms with van der Waals surface area (Å²) >= 11 is 0. The van der Waals surface area contributed by atoms with Gasteiger partial charge in [0.1, 0.15) is 0 Å². The lowest BCUT2D eigenvalue weighted by atomic mass is 9.96. The van der Waals surface area contributed by atoms with Crippen LogP contribution in [0, 0.1) is 5.92 Å². The molecule has 1 aromatic rings. The second-order valence-electron chi connectivity index (χ2n) is 7.91. The first-order valence-corrected chi connectivity index (χ1v) is 10.4. The minimum Gasteiger partial charge on any atom is -0.481 e. The normalized spacial score (nSPS) is 17.9. The second kappa shape index (κ2) is 11.2. The van der Waals surface area contributed by atoms with Gasteiger partial charge in [-0.3, -0.25) is 14.4 Å². The van der Waals surface area contributed by atoms with Gasteiger partial charge in [-0.2, -0.15) is 13.2 Å². The number of nitrogens with one attached hydrogen (secondary N) is 1. The molecule has 8 nitrogen and oxygen atoms in total. The number of piperidine rings is 1. The second-order valence-corrected chi connectivity index (χ2v) is 7.91. The molecule has 2 saturated heterocycles. The Morgan fingerprint density at radius 3 is 1.94 bits per heavy atom. The smallest absolute Gasteiger partial charge is 0.471 e. The maximum atomic E-state index is 12.5. The average Bonchev–Trinajstić information content (AvgIpc) is 2.73. The van der Waals surface area contributed by atoms with Crippen molar-refractivity contribution in [2.24, 2.45) is 5.92 Å². The van der Waals surface area contributed by atoms with Gasteiger partial charge in [-0.25, -0.2) is 0 Å². The molecule has 0 aliphatic carbocycles. The molecular formula is C21H29F3N4O4. The number of carbonyl (C=O) groups excluding carboxylic acids is 2. The maximum Gasteiger partial charge on any atom is 0.471 e. The van der Waals surface area contributed by atoms with Gasteiger partial charge in [-0.05, 0) is 57.2 Å². The molecule has 1 aromatic carbocycles. The first-order valence-electron chi connectivity index (χ1n) is 10.4. The van der Waals surface area contributed by atoms with Crippen molar-refractivity contribution in [1.82, 2.24) is 9.80 Å². The first kappa shape index (κ1) is 25.4. The maximum absolute atomic E-state index is 12.5. The molecular weight excluding hydrogens is 429 g/mol. The fraction of sp³-hybridized carbons (Fsp3) is 0.571. The number of likely N-dealkylation sites (tertiary alicyclic amines) is 1. The standard InChI is InChI=1S/C19H25F3N4O2.C2H4O2/c1-24-8-6-14(7-9-24)17(27)23-15-2-4-16(5-3-15)25-10-12-26(13-11-25)18(28)19(20,21)22;1-2(3)4/h2-5,14H,6-13H2,1H3,(H,23,27);1H3,(H,3,4). The Morgan fingerprint density at radius 2 is 1.47 bits per heavy atom. The lowest BCUT2D eigenvalue weighted by molar-refractivity contribution is -0.185. The highest BCUT2D eigenvalue weighted by atomic mass is 19.4. The predicted molar refractivity (Wildman–Crippen MR) is 113 cm³/mol. The third-order valence-electron chi connectivity index (χ3n) is 5.40. The topological polar surface area (TPSA) is 93.2 Å². The number of alkyl halides is 3. The highest BCUT2D eigenvalue weighted by molar-refractivity contribution is 5.92. The number of benzene rings is 1. The quantitative estimate of drug-likeness (QED) is 0.722. The van der Waals surface area contributed by atoms with Gasteiger partial charge in [0.15, 0.2) is 0 Å². The van der Waals surface area contributed by atoms with Gasteiger partial charge in [-0.1, -0.05) is 0 Å². The van der Waals surface area contributed by atoms with Crippen LogP contribution in [0.1, 0.15) is 19.8 Å². The minimum atomic E-state index is -4.82. The monoisotopic (exact) mass is 458 g/mol. The Kier molecular flexibility index (Phi) is 8.88. The molecule has 0 atom stereocenters. The Labute approximate surface area is 185 Å². The van der Waals surface area contributed by atoms with Crippen molar-refractivity contribution in [3.05, 3.63) is 24.3 Å². The molecule has 2 heterocycles. The zero-order chi connectivity index (χ0) is 23.9. The molecule has 0 spiro atoms. The number of rotatable bonds is 3. The lowest BCUT2D eigenvalue weighted by Crippen LogP contribution is -2.52. The van der Waals surface area contributed by atoms with E-state index in [2.05, 4.69) is 10.2 Å². The number of piperazine rings is 1. The van der Waals surface area contributed by atoms with Crippen molar-refractivity contribution in [1.29, 1.82) is 0 Å². The average molecular weight is 458 g/mol. The molecule has 3 rings (SSSR count). The van der Waals surface area contributed by atoms with Gasteiger partial charge in [0.05, 0.1) is 0 Å². The van der Waals surface area contributed by atoms with E-state index in [0.717, 1.165) is 43.4 Å². The predicted octanol–water partition coefficient (Wildman–Crippen LogP) is 2.27. The summed E-state index contributed by atoms with van der Waals surface area (Å²) in [5.41, 5.74) is 1.56. The van der Waals surface area contributed by atoms with Gasteiger partial charge in [0.25, 0.3) is 5.97 Å². The number of hydrogen-bond donors (Lipinski definition) is 2. The van der Waals surface area contributed by atoms with E-state index in [0.29, 0.717) is 18.8 Å². The highest BCUT2D eigenvalue weighted by Gasteiger charge is 2.43. The molecule has 11 heteroatoms. The molecule has 2 fully saturated rings. The van der Waals surface area contributed by atoms with Gasteiger partial charge in [0, 0.05) is 50.4 Å². The van der Waals surface area contributed by atoms with Crippen LogP contribution in [-0.4, -0.2) is 85.2 Å². The van der Waals surface area contributed by atoms with Crippen molar-refractivity contribution in [2.75, 3.05) is 56.5 Å². The molecule has 2 aliphatic rings. The van der Waals surface area contributed by atoms with Crippen LogP contribution in [0.4, 0.5) is 24.5 Å². The first-order chi connectivity index (χ1) is 15.0. The van der Waals surface area contributed by atoms with E-state index in [1.807, 2.05) is 24.1 Å². The number of nitrogens with zero attached hydrogens (tertiary/aromatic N) is 3. The van der Waals surface area contributed by atoms with Gasteiger partial charge < -0.3 is 25.1 Å². The number of carbonyl (C=O) groups is 3. The van der Waals surface area contributed by atoms with E-state index in [4.69, 9.17) is 9.90 Å². The fourth-order valence-electron chi connectivity index (χ4n) is 3.62. The summed E-state index contributed by atoms with van der Waals surface area (Å²) < 4.78 is 37.5. The minimum absolute atomic E-state index is 0.0233. The molecule has 0 unspecified atom stereocenters. The molecule has 0 aromatic heterocycles. The SMILES string of the molecule is CC(=O)O.CN1CCC(C(=O)Nc2ccc(N3CCN(C(=O)C(F)(F)F)CC3)cc2)CC1. The summed E-state index contributed by atoms with van der Waals surface area (Å²) in [5, 5.41) is 10.4. The number of hydrogen-bond acceptors (Lipinski definition) is 5. The van der Waals surface area contributed by atoms with Crippen LogP contribution >= 0.6 is 0 Å². The molecule has 2 amide bonds. The van der Waals surface area contributed by atoms with E-state index in [1.54, 1.807) is 12.1 Å². The Bertz CT molecular complexity index is 781. The molecule has 0 bridgehead atoms. The number of aliphatic carboxylic acids is 1. The summed E-state index contributed by atoms with van der Waals surface area (Å²) in [6.45, 7) is 3.66. The summed E-state index contributed by atoms with van der Waals surface area (Å²) in [4.78, 5) is 37.7. The highest BCUT2D eigenvalue weighted by Crippen LogP contribution is 2.24. The van der Waals surface area contributed by atoms with E-state index in [9.17, 15) is 22.8 Å². The summed E-state index contributed by atoms with van der Waals surface area (Å²) in [7, 11) is 2.05.